The Bertz CT molecular complexity index is 709. The third kappa shape index (κ3) is 3.23. The first-order chi connectivity index (χ1) is 11.7. The Morgan fingerprint density at radius 3 is 2.88 bits per heavy atom. The van der Waals surface area contributed by atoms with E-state index in [1.54, 1.807) is 11.3 Å². The molecule has 1 saturated carbocycles. The molecule has 2 heterocycles. The third-order valence-corrected chi connectivity index (χ3v) is 5.96. The summed E-state index contributed by atoms with van der Waals surface area (Å²) in [5, 5.41) is 2.90. The van der Waals surface area contributed by atoms with Crippen LogP contribution in [0.2, 0.25) is 0 Å². The van der Waals surface area contributed by atoms with Gasteiger partial charge >= 0.3 is 0 Å². The van der Waals surface area contributed by atoms with E-state index in [1.165, 1.54) is 24.8 Å². The summed E-state index contributed by atoms with van der Waals surface area (Å²) in [6.45, 7) is 2.92. The van der Waals surface area contributed by atoms with Crippen LogP contribution in [0, 0.1) is 5.41 Å². The Morgan fingerprint density at radius 2 is 2.12 bits per heavy atom. The molecular formula is C19H22N2O2S. The highest BCUT2D eigenvalue weighted by Gasteiger charge is 2.41. The van der Waals surface area contributed by atoms with Crippen LogP contribution in [0.15, 0.2) is 35.7 Å². The first-order valence-corrected chi connectivity index (χ1v) is 9.47. The lowest BCUT2D eigenvalue weighted by molar-refractivity contribution is 0.0103. The molecule has 1 aliphatic carbocycles. The van der Waals surface area contributed by atoms with Crippen molar-refractivity contribution in [3.05, 3.63) is 52.0 Å². The molecule has 24 heavy (non-hydrogen) atoms. The molecule has 0 N–H and O–H groups in total. The summed E-state index contributed by atoms with van der Waals surface area (Å²) in [4.78, 5) is 19.4. The molecule has 2 aromatic rings. The number of aromatic nitrogens is 1. The lowest BCUT2D eigenvalue weighted by Crippen LogP contribution is -2.45. The van der Waals surface area contributed by atoms with Crippen molar-refractivity contribution < 1.29 is 9.53 Å². The number of benzene rings is 1. The lowest BCUT2D eigenvalue weighted by Gasteiger charge is -2.42. The fraction of sp³-hybridized carbons (Fsp3) is 0.474. The van der Waals surface area contributed by atoms with Gasteiger partial charge in [-0.2, -0.15) is 0 Å². The Morgan fingerprint density at radius 1 is 1.29 bits per heavy atom. The zero-order valence-electron chi connectivity index (χ0n) is 13.7. The van der Waals surface area contributed by atoms with Gasteiger partial charge in [0.1, 0.15) is 5.69 Å². The second-order valence-electron chi connectivity index (χ2n) is 6.92. The fourth-order valence-electron chi connectivity index (χ4n) is 3.57. The number of hydrogen-bond acceptors (Lipinski definition) is 4. The van der Waals surface area contributed by atoms with Gasteiger partial charge in [-0.1, -0.05) is 36.8 Å². The Labute approximate surface area is 146 Å². The summed E-state index contributed by atoms with van der Waals surface area (Å²) in [6.07, 6.45) is 4.38. The van der Waals surface area contributed by atoms with Crippen LogP contribution in [0.4, 0.5) is 0 Å². The van der Waals surface area contributed by atoms with Crippen LogP contribution in [-0.4, -0.2) is 42.1 Å². The molecule has 0 bridgehead atoms. The number of thiazole rings is 1. The largest absolute Gasteiger partial charge is 0.379 e. The third-order valence-electron chi connectivity index (χ3n) is 5.11. The van der Waals surface area contributed by atoms with E-state index in [0.29, 0.717) is 18.8 Å². The molecule has 1 aromatic carbocycles. The van der Waals surface area contributed by atoms with E-state index in [2.05, 4.69) is 17.1 Å². The number of amides is 1. The second-order valence-corrected chi connectivity index (χ2v) is 7.86. The highest BCUT2D eigenvalue weighted by atomic mass is 32.1. The van der Waals surface area contributed by atoms with Gasteiger partial charge in [0.25, 0.3) is 5.91 Å². The minimum absolute atomic E-state index is 0.0577. The fourth-order valence-corrected chi connectivity index (χ4v) is 4.37. The maximum absolute atomic E-state index is 12.9. The van der Waals surface area contributed by atoms with E-state index >= 15 is 0 Å². The van der Waals surface area contributed by atoms with Crippen LogP contribution in [0.3, 0.4) is 0 Å². The summed E-state index contributed by atoms with van der Waals surface area (Å²) in [6, 6.07) is 10.3. The van der Waals surface area contributed by atoms with Crippen molar-refractivity contribution in [2.75, 3.05) is 26.3 Å². The quantitative estimate of drug-likeness (QED) is 0.859. The number of nitrogens with zero attached hydrogens (tertiary/aromatic N) is 2. The average Bonchev–Trinajstić information content (AvgIpc) is 2.90. The minimum Gasteiger partial charge on any atom is -0.379 e. The van der Waals surface area contributed by atoms with E-state index < -0.39 is 0 Å². The van der Waals surface area contributed by atoms with E-state index in [-0.39, 0.29) is 11.3 Å². The summed E-state index contributed by atoms with van der Waals surface area (Å²) in [5.74, 6) is 0.0577. The van der Waals surface area contributed by atoms with Crippen LogP contribution < -0.4 is 0 Å². The zero-order valence-corrected chi connectivity index (χ0v) is 14.6. The van der Waals surface area contributed by atoms with Crippen molar-refractivity contribution in [3.8, 4) is 0 Å². The van der Waals surface area contributed by atoms with E-state index in [4.69, 9.17) is 4.74 Å². The molecule has 4 rings (SSSR count). The predicted octanol–water partition coefficient (Wildman–Crippen LogP) is 3.38. The van der Waals surface area contributed by atoms with Crippen LogP contribution >= 0.6 is 11.3 Å². The van der Waals surface area contributed by atoms with Gasteiger partial charge < -0.3 is 9.64 Å². The first kappa shape index (κ1) is 15.8. The molecule has 1 saturated heterocycles. The molecule has 0 atom stereocenters. The molecular weight excluding hydrogens is 320 g/mol. The van der Waals surface area contributed by atoms with Crippen LogP contribution in [0.25, 0.3) is 0 Å². The number of carbonyl (C=O) groups excluding carboxylic acids is 1. The van der Waals surface area contributed by atoms with Gasteiger partial charge in [-0.25, -0.2) is 4.98 Å². The number of ether oxygens (including phenoxy) is 1. The van der Waals surface area contributed by atoms with Crippen molar-refractivity contribution in [1.29, 1.82) is 0 Å². The Hall–Kier alpha value is -1.72. The highest BCUT2D eigenvalue weighted by Crippen LogP contribution is 2.42. The first-order valence-electron chi connectivity index (χ1n) is 8.60. The maximum Gasteiger partial charge on any atom is 0.273 e. The van der Waals surface area contributed by atoms with Crippen LogP contribution in [0.1, 0.15) is 40.3 Å². The molecule has 0 unspecified atom stereocenters. The number of hydrogen-bond donors (Lipinski definition) is 0. The Balaban J connectivity index is 1.46. The van der Waals surface area contributed by atoms with E-state index in [0.717, 1.165) is 24.6 Å². The zero-order chi connectivity index (χ0) is 16.4. The van der Waals surface area contributed by atoms with Gasteiger partial charge in [-0.15, -0.1) is 11.3 Å². The van der Waals surface area contributed by atoms with E-state index in [9.17, 15) is 4.79 Å². The van der Waals surface area contributed by atoms with Gasteiger partial charge in [-0.05, 0) is 18.4 Å². The van der Waals surface area contributed by atoms with Gasteiger partial charge in [0.05, 0.1) is 18.2 Å². The predicted molar refractivity (Wildman–Crippen MR) is 94.4 cm³/mol. The lowest BCUT2D eigenvalue weighted by atomic mass is 9.69. The van der Waals surface area contributed by atoms with Gasteiger partial charge in [0, 0.05) is 30.3 Å². The molecule has 2 aliphatic rings. The standard InChI is InChI=1S/C19H22N2O2S/c22-18(21-9-10-23-14-19(13-21)7-4-8-19)16-12-24-17(20-16)11-15-5-2-1-3-6-15/h1-3,5-6,12H,4,7-11,13-14H2. The summed E-state index contributed by atoms with van der Waals surface area (Å²) in [5.41, 5.74) is 2.01. The molecule has 4 nitrogen and oxygen atoms in total. The number of carbonyl (C=O) groups is 1. The summed E-state index contributed by atoms with van der Waals surface area (Å²) < 4.78 is 5.74. The normalized spacial score (nSPS) is 19.8. The molecule has 1 aromatic heterocycles. The molecule has 126 valence electrons. The molecule has 0 radical (unpaired) electrons. The van der Waals surface area contributed by atoms with Crippen molar-refractivity contribution in [3.63, 3.8) is 0 Å². The average molecular weight is 342 g/mol. The van der Waals surface area contributed by atoms with Crippen molar-refractivity contribution >= 4 is 17.2 Å². The monoisotopic (exact) mass is 342 g/mol. The van der Waals surface area contributed by atoms with Crippen molar-refractivity contribution in [1.82, 2.24) is 9.88 Å². The highest BCUT2D eigenvalue weighted by molar-refractivity contribution is 7.09. The SMILES string of the molecule is O=C(c1csc(Cc2ccccc2)n1)N1CCOCC2(CCC2)C1. The van der Waals surface area contributed by atoms with Crippen molar-refractivity contribution in [2.24, 2.45) is 5.41 Å². The molecule has 1 aliphatic heterocycles. The topological polar surface area (TPSA) is 42.4 Å². The molecule has 5 heteroatoms. The molecule has 1 amide bonds. The summed E-state index contributed by atoms with van der Waals surface area (Å²) >= 11 is 1.57. The van der Waals surface area contributed by atoms with Crippen molar-refractivity contribution in [2.45, 2.75) is 25.7 Å². The summed E-state index contributed by atoms with van der Waals surface area (Å²) in [7, 11) is 0. The number of rotatable bonds is 3. The van der Waals surface area contributed by atoms with Gasteiger partial charge in [0.15, 0.2) is 0 Å². The maximum atomic E-state index is 12.9. The smallest absolute Gasteiger partial charge is 0.273 e. The van der Waals surface area contributed by atoms with Gasteiger partial charge in [0.2, 0.25) is 0 Å². The molecule has 2 fully saturated rings. The second kappa shape index (κ2) is 6.65. The van der Waals surface area contributed by atoms with Crippen LogP contribution in [-0.2, 0) is 11.2 Å². The van der Waals surface area contributed by atoms with Crippen LogP contribution in [0.5, 0.6) is 0 Å². The van der Waals surface area contributed by atoms with Gasteiger partial charge in [-0.3, -0.25) is 4.79 Å². The molecule has 1 spiro atoms. The Kier molecular flexibility index (Phi) is 4.37. The van der Waals surface area contributed by atoms with E-state index in [1.807, 2.05) is 28.5 Å². The minimum atomic E-state index is 0.0577.